The highest BCUT2D eigenvalue weighted by atomic mass is 16.5. The van der Waals surface area contributed by atoms with Gasteiger partial charge in [0.2, 0.25) is 0 Å². The predicted octanol–water partition coefficient (Wildman–Crippen LogP) is 3.14. The molecule has 1 amide bonds. The number of rotatable bonds is 9. The second kappa shape index (κ2) is 9.56. The number of methoxy groups -OCH3 is 2. The van der Waals surface area contributed by atoms with E-state index in [1.165, 1.54) is 0 Å². The van der Waals surface area contributed by atoms with Crippen molar-refractivity contribution in [1.82, 2.24) is 4.90 Å². The number of amides is 1. The molecule has 0 saturated heterocycles. The molecule has 2 rings (SSSR count). The van der Waals surface area contributed by atoms with Gasteiger partial charge in [0.05, 0.1) is 20.8 Å². The smallest absolute Gasteiger partial charge is 0.260 e. The molecule has 6 nitrogen and oxygen atoms in total. The van der Waals surface area contributed by atoms with Crippen LogP contribution in [0.4, 0.5) is 0 Å². The van der Waals surface area contributed by atoms with E-state index in [1.54, 1.807) is 32.2 Å². The van der Waals surface area contributed by atoms with Crippen LogP contribution >= 0.6 is 0 Å². The van der Waals surface area contributed by atoms with Crippen LogP contribution in [0.3, 0.4) is 0 Å². The van der Waals surface area contributed by atoms with Gasteiger partial charge in [0, 0.05) is 19.2 Å². The lowest BCUT2D eigenvalue weighted by Crippen LogP contribution is -2.31. The maximum Gasteiger partial charge on any atom is 0.260 e. The average molecular weight is 359 g/mol. The standard InChI is InChI=1S/C20H25NO5/c1-5-25-16-10-6-7-11-17(16)26-14-19(22)21(2)13-15-9-8-12-18(23-3)20(15)24-4/h6-12H,5,13-14H2,1-4H3. The molecule has 0 N–H and O–H groups in total. The molecular formula is C20H25NO5. The first-order valence-corrected chi connectivity index (χ1v) is 8.39. The number of nitrogens with zero attached hydrogens (tertiary/aromatic N) is 1. The molecule has 2 aromatic rings. The third-order valence-corrected chi connectivity index (χ3v) is 3.82. The lowest BCUT2D eigenvalue weighted by atomic mass is 10.1. The minimum atomic E-state index is -0.152. The lowest BCUT2D eigenvalue weighted by molar-refractivity contribution is -0.132. The van der Waals surface area contributed by atoms with Crippen molar-refractivity contribution < 1.29 is 23.7 Å². The van der Waals surface area contributed by atoms with Gasteiger partial charge in [-0.1, -0.05) is 24.3 Å². The van der Waals surface area contributed by atoms with Crippen molar-refractivity contribution in [3.8, 4) is 23.0 Å². The highest BCUT2D eigenvalue weighted by Gasteiger charge is 2.16. The van der Waals surface area contributed by atoms with Gasteiger partial charge in [0.15, 0.2) is 29.6 Å². The van der Waals surface area contributed by atoms with Gasteiger partial charge in [-0.3, -0.25) is 4.79 Å². The number of hydrogen-bond acceptors (Lipinski definition) is 5. The summed E-state index contributed by atoms with van der Waals surface area (Å²) in [6, 6.07) is 12.9. The van der Waals surface area contributed by atoms with Crippen LogP contribution in [0.15, 0.2) is 42.5 Å². The number of para-hydroxylation sites is 3. The van der Waals surface area contributed by atoms with Crippen molar-refractivity contribution in [1.29, 1.82) is 0 Å². The van der Waals surface area contributed by atoms with Gasteiger partial charge in [0.25, 0.3) is 5.91 Å². The number of benzene rings is 2. The third-order valence-electron chi connectivity index (χ3n) is 3.82. The summed E-state index contributed by atoms with van der Waals surface area (Å²) >= 11 is 0. The number of carbonyl (C=O) groups excluding carboxylic acids is 1. The van der Waals surface area contributed by atoms with Crippen LogP contribution in [0.25, 0.3) is 0 Å². The van der Waals surface area contributed by atoms with Crippen molar-refractivity contribution in [2.24, 2.45) is 0 Å². The number of hydrogen-bond donors (Lipinski definition) is 0. The van der Waals surface area contributed by atoms with Gasteiger partial charge in [-0.25, -0.2) is 0 Å². The fraction of sp³-hybridized carbons (Fsp3) is 0.350. The van der Waals surface area contributed by atoms with Gasteiger partial charge < -0.3 is 23.8 Å². The Hall–Kier alpha value is -2.89. The molecule has 6 heteroatoms. The summed E-state index contributed by atoms with van der Waals surface area (Å²) in [5.41, 5.74) is 0.859. The van der Waals surface area contributed by atoms with Crippen molar-refractivity contribution in [2.45, 2.75) is 13.5 Å². The van der Waals surface area contributed by atoms with Crippen LogP contribution < -0.4 is 18.9 Å². The molecule has 0 spiro atoms. The van der Waals surface area contributed by atoms with Crippen LogP contribution in [0.5, 0.6) is 23.0 Å². The Morgan fingerprint density at radius 1 is 0.923 bits per heavy atom. The Bertz CT molecular complexity index is 732. The van der Waals surface area contributed by atoms with Crippen molar-refractivity contribution >= 4 is 5.91 Å². The Balaban J connectivity index is 2.01. The van der Waals surface area contributed by atoms with E-state index >= 15 is 0 Å². The fourth-order valence-corrected chi connectivity index (χ4v) is 2.52. The summed E-state index contributed by atoms with van der Waals surface area (Å²) in [4.78, 5) is 14.0. The summed E-state index contributed by atoms with van der Waals surface area (Å²) in [5.74, 6) is 2.28. The van der Waals surface area contributed by atoms with Crippen LogP contribution in [-0.4, -0.2) is 45.3 Å². The van der Waals surface area contributed by atoms with E-state index in [0.717, 1.165) is 5.56 Å². The van der Waals surface area contributed by atoms with E-state index in [2.05, 4.69) is 0 Å². The summed E-state index contributed by atoms with van der Waals surface area (Å²) in [6.07, 6.45) is 0. The Morgan fingerprint density at radius 2 is 1.58 bits per heavy atom. The molecule has 0 saturated carbocycles. The molecule has 0 aromatic heterocycles. The van der Waals surface area contributed by atoms with Gasteiger partial charge in [-0.15, -0.1) is 0 Å². The van der Waals surface area contributed by atoms with Crippen LogP contribution in [0.2, 0.25) is 0 Å². The Morgan fingerprint density at radius 3 is 2.19 bits per heavy atom. The van der Waals surface area contributed by atoms with Gasteiger partial charge in [-0.2, -0.15) is 0 Å². The quantitative estimate of drug-likeness (QED) is 0.688. The van der Waals surface area contributed by atoms with Crippen molar-refractivity contribution in [3.05, 3.63) is 48.0 Å². The SMILES string of the molecule is CCOc1ccccc1OCC(=O)N(C)Cc1cccc(OC)c1OC. The van der Waals surface area contributed by atoms with Gasteiger partial charge >= 0.3 is 0 Å². The van der Waals surface area contributed by atoms with E-state index in [4.69, 9.17) is 18.9 Å². The highest BCUT2D eigenvalue weighted by molar-refractivity contribution is 5.77. The first kappa shape index (κ1) is 19.4. The molecule has 0 bridgehead atoms. The maximum atomic E-state index is 12.4. The van der Waals surface area contributed by atoms with E-state index in [1.807, 2.05) is 43.3 Å². The van der Waals surface area contributed by atoms with E-state index < -0.39 is 0 Å². The van der Waals surface area contributed by atoms with Crippen molar-refractivity contribution in [2.75, 3.05) is 34.5 Å². The molecule has 0 aliphatic heterocycles. The largest absolute Gasteiger partial charge is 0.493 e. The molecule has 0 radical (unpaired) electrons. The Kier molecular flexibility index (Phi) is 7.14. The zero-order valence-electron chi connectivity index (χ0n) is 15.7. The molecule has 0 unspecified atom stereocenters. The van der Waals surface area contributed by atoms with E-state index in [-0.39, 0.29) is 12.5 Å². The molecule has 0 aliphatic carbocycles. The molecule has 2 aromatic carbocycles. The van der Waals surface area contributed by atoms with Crippen molar-refractivity contribution in [3.63, 3.8) is 0 Å². The lowest BCUT2D eigenvalue weighted by Gasteiger charge is -2.20. The molecular weight excluding hydrogens is 334 g/mol. The summed E-state index contributed by atoms with van der Waals surface area (Å²) < 4.78 is 21.8. The van der Waals surface area contributed by atoms with Gasteiger partial charge in [-0.05, 0) is 25.1 Å². The second-order valence-corrected chi connectivity index (χ2v) is 5.57. The molecule has 0 atom stereocenters. The van der Waals surface area contributed by atoms with Crippen LogP contribution in [-0.2, 0) is 11.3 Å². The Labute approximate surface area is 154 Å². The highest BCUT2D eigenvalue weighted by Crippen LogP contribution is 2.31. The predicted molar refractivity (Wildman–Crippen MR) is 99.1 cm³/mol. The molecule has 140 valence electrons. The first-order valence-electron chi connectivity index (χ1n) is 8.39. The number of ether oxygens (including phenoxy) is 4. The maximum absolute atomic E-state index is 12.4. The third kappa shape index (κ3) is 4.81. The summed E-state index contributed by atoms with van der Waals surface area (Å²) in [7, 11) is 4.89. The fourth-order valence-electron chi connectivity index (χ4n) is 2.52. The van der Waals surface area contributed by atoms with E-state index in [0.29, 0.717) is 36.1 Å². The average Bonchev–Trinajstić information content (AvgIpc) is 2.66. The first-order chi connectivity index (χ1) is 12.6. The summed E-state index contributed by atoms with van der Waals surface area (Å²) in [6.45, 7) is 2.74. The van der Waals surface area contributed by atoms with Crippen LogP contribution in [0, 0.1) is 0 Å². The number of likely N-dealkylation sites (N-methyl/N-ethyl adjacent to an activating group) is 1. The van der Waals surface area contributed by atoms with Gasteiger partial charge in [0.1, 0.15) is 0 Å². The monoisotopic (exact) mass is 359 g/mol. The zero-order chi connectivity index (χ0) is 18.9. The second-order valence-electron chi connectivity index (χ2n) is 5.57. The molecule has 0 aliphatic rings. The van der Waals surface area contributed by atoms with E-state index in [9.17, 15) is 4.79 Å². The van der Waals surface area contributed by atoms with Crippen LogP contribution in [0.1, 0.15) is 12.5 Å². The topological polar surface area (TPSA) is 57.2 Å². The minimum Gasteiger partial charge on any atom is -0.493 e. The molecule has 26 heavy (non-hydrogen) atoms. The molecule has 0 fully saturated rings. The summed E-state index contributed by atoms with van der Waals surface area (Å²) in [5, 5.41) is 0. The number of carbonyl (C=O) groups is 1. The normalized spacial score (nSPS) is 10.2. The minimum absolute atomic E-state index is 0.0765. The zero-order valence-corrected chi connectivity index (χ0v) is 15.7. The molecule has 0 heterocycles.